The summed E-state index contributed by atoms with van der Waals surface area (Å²) in [7, 11) is 0. The normalized spacial score (nSPS) is 13.1. The first kappa shape index (κ1) is 8.50. The molecule has 0 radical (unpaired) electrons. The quantitative estimate of drug-likeness (QED) is 0.694. The van der Waals surface area contributed by atoms with Gasteiger partial charge in [-0.05, 0) is 24.6 Å². The maximum absolute atomic E-state index is 12.6. The molecule has 0 aliphatic rings. The summed E-state index contributed by atoms with van der Waals surface area (Å²) in [5.41, 5.74) is 6.40. The van der Waals surface area contributed by atoms with Gasteiger partial charge in [0.25, 0.3) is 0 Å². The van der Waals surface area contributed by atoms with Crippen LogP contribution in [0.25, 0.3) is 0 Å². The van der Waals surface area contributed by atoms with E-state index in [0.29, 0.717) is 0 Å². The van der Waals surface area contributed by atoms with Crippen molar-refractivity contribution in [3.8, 4) is 0 Å². The minimum absolute atomic E-state index is 0.104. The van der Waals surface area contributed by atoms with Crippen molar-refractivity contribution in [2.24, 2.45) is 5.73 Å². The summed E-state index contributed by atoms with van der Waals surface area (Å²) in [5.74, 6) is -0.406. The second-order valence-electron chi connectivity index (χ2n) is 2.46. The van der Waals surface area contributed by atoms with Crippen molar-refractivity contribution in [3.05, 3.63) is 34.6 Å². The van der Waals surface area contributed by atoms with E-state index in [2.05, 4.69) is 0 Å². The Morgan fingerprint density at radius 2 is 2.18 bits per heavy atom. The molecule has 1 nitrogen and oxygen atoms in total. The summed E-state index contributed by atoms with van der Waals surface area (Å²) >= 11 is 5.53. The Labute approximate surface area is 70.0 Å². The van der Waals surface area contributed by atoms with Gasteiger partial charge in [0.05, 0.1) is 5.02 Å². The predicted molar refractivity (Wildman–Crippen MR) is 44.0 cm³/mol. The highest BCUT2D eigenvalue weighted by atomic mass is 35.5. The molecule has 0 amide bonds. The third-order valence-electron chi connectivity index (χ3n) is 1.47. The van der Waals surface area contributed by atoms with Crippen LogP contribution >= 0.6 is 11.6 Å². The van der Waals surface area contributed by atoms with Gasteiger partial charge >= 0.3 is 0 Å². The van der Waals surface area contributed by atoms with Gasteiger partial charge in [0.15, 0.2) is 0 Å². The van der Waals surface area contributed by atoms with E-state index in [1.807, 2.05) is 6.92 Å². The van der Waals surface area contributed by atoms with Gasteiger partial charge in [-0.3, -0.25) is 0 Å². The van der Waals surface area contributed by atoms with E-state index in [1.54, 1.807) is 12.1 Å². The Hall–Kier alpha value is -0.600. The van der Waals surface area contributed by atoms with Crippen molar-refractivity contribution < 1.29 is 4.39 Å². The van der Waals surface area contributed by atoms with Gasteiger partial charge in [-0.2, -0.15) is 0 Å². The number of hydrogen-bond donors (Lipinski definition) is 1. The maximum atomic E-state index is 12.6. The molecule has 1 aromatic carbocycles. The minimum Gasteiger partial charge on any atom is -0.324 e. The lowest BCUT2D eigenvalue weighted by Crippen LogP contribution is -2.04. The molecule has 2 N–H and O–H groups in total. The number of rotatable bonds is 1. The average Bonchev–Trinajstić information content (AvgIpc) is 1.94. The third kappa shape index (κ3) is 1.91. The fourth-order valence-corrected chi connectivity index (χ4v) is 0.985. The fraction of sp³-hybridized carbons (Fsp3) is 0.250. The molecular formula is C8H9ClFN. The molecule has 1 aromatic rings. The van der Waals surface area contributed by atoms with Crippen molar-refractivity contribution in [2.75, 3.05) is 0 Å². The van der Waals surface area contributed by atoms with Crippen LogP contribution in [0, 0.1) is 5.82 Å². The summed E-state index contributed by atoms with van der Waals surface area (Å²) in [6.45, 7) is 1.82. The Balaban J connectivity index is 3.05. The summed E-state index contributed by atoms with van der Waals surface area (Å²) < 4.78 is 12.6. The largest absolute Gasteiger partial charge is 0.324 e. The molecule has 0 heterocycles. The van der Waals surface area contributed by atoms with Crippen LogP contribution in [0.2, 0.25) is 5.02 Å². The van der Waals surface area contributed by atoms with Gasteiger partial charge in [0.2, 0.25) is 0 Å². The second-order valence-corrected chi connectivity index (χ2v) is 2.87. The molecule has 0 saturated heterocycles. The molecule has 0 fully saturated rings. The molecule has 0 saturated carbocycles. The number of nitrogens with two attached hydrogens (primary N) is 1. The summed E-state index contributed by atoms with van der Waals surface area (Å²) in [5, 5.41) is 0.125. The Bertz CT molecular complexity index is 260. The monoisotopic (exact) mass is 173 g/mol. The van der Waals surface area contributed by atoms with Gasteiger partial charge in [-0.25, -0.2) is 4.39 Å². The van der Waals surface area contributed by atoms with E-state index >= 15 is 0 Å². The topological polar surface area (TPSA) is 26.0 Å². The molecule has 1 unspecified atom stereocenters. The standard InChI is InChI=1S/C8H9ClFN/c1-5(11)6-2-3-8(10)7(9)4-6/h2-5H,11H2,1H3. The molecule has 60 valence electrons. The lowest BCUT2D eigenvalue weighted by Gasteiger charge is -2.05. The van der Waals surface area contributed by atoms with Crippen LogP contribution in [0.3, 0.4) is 0 Å². The molecule has 0 aromatic heterocycles. The molecule has 0 aliphatic carbocycles. The Morgan fingerprint density at radius 3 is 2.64 bits per heavy atom. The third-order valence-corrected chi connectivity index (χ3v) is 1.76. The Kier molecular flexibility index (Phi) is 2.47. The number of benzene rings is 1. The van der Waals surface area contributed by atoms with E-state index in [-0.39, 0.29) is 11.1 Å². The van der Waals surface area contributed by atoms with E-state index in [9.17, 15) is 4.39 Å². The van der Waals surface area contributed by atoms with Crippen molar-refractivity contribution in [2.45, 2.75) is 13.0 Å². The van der Waals surface area contributed by atoms with Gasteiger partial charge in [-0.15, -0.1) is 0 Å². The highest BCUT2D eigenvalue weighted by molar-refractivity contribution is 6.30. The lowest BCUT2D eigenvalue weighted by atomic mass is 10.1. The van der Waals surface area contributed by atoms with Gasteiger partial charge in [-0.1, -0.05) is 17.7 Å². The van der Waals surface area contributed by atoms with E-state index < -0.39 is 5.82 Å². The maximum Gasteiger partial charge on any atom is 0.141 e. The molecule has 0 spiro atoms. The molecule has 1 rings (SSSR count). The molecule has 0 bridgehead atoms. The minimum atomic E-state index is -0.406. The van der Waals surface area contributed by atoms with Crippen LogP contribution in [0.1, 0.15) is 18.5 Å². The first-order valence-corrected chi connectivity index (χ1v) is 3.69. The van der Waals surface area contributed by atoms with E-state index in [4.69, 9.17) is 17.3 Å². The smallest absolute Gasteiger partial charge is 0.141 e. The fourth-order valence-electron chi connectivity index (χ4n) is 0.796. The van der Waals surface area contributed by atoms with Crippen molar-refractivity contribution >= 4 is 11.6 Å². The molecule has 3 heteroatoms. The van der Waals surface area contributed by atoms with Crippen LogP contribution in [0.4, 0.5) is 4.39 Å². The zero-order valence-electron chi connectivity index (χ0n) is 6.14. The zero-order chi connectivity index (χ0) is 8.43. The Morgan fingerprint density at radius 1 is 1.55 bits per heavy atom. The predicted octanol–water partition coefficient (Wildman–Crippen LogP) is 2.50. The van der Waals surface area contributed by atoms with Gasteiger partial charge in [0.1, 0.15) is 5.82 Å². The summed E-state index contributed by atoms with van der Waals surface area (Å²) in [6.07, 6.45) is 0. The van der Waals surface area contributed by atoms with Crippen molar-refractivity contribution in [1.29, 1.82) is 0 Å². The van der Waals surface area contributed by atoms with E-state index in [1.165, 1.54) is 6.07 Å². The molecule has 0 aliphatic heterocycles. The molecule has 1 atom stereocenters. The van der Waals surface area contributed by atoms with Crippen LogP contribution in [0.15, 0.2) is 18.2 Å². The molecular weight excluding hydrogens is 165 g/mol. The first-order chi connectivity index (χ1) is 5.11. The molecule has 11 heavy (non-hydrogen) atoms. The van der Waals surface area contributed by atoms with Crippen LogP contribution in [-0.4, -0.2) is 0 Å². The summed E-state index contributed by atoms with van der Waals surface area (Å²) in [4.78, 5) is 0. The number of halogens is 2. The average molecular weight is 174 g/mol. The van der Waals surface area contributed by atoms with Crippen molar-refractivity contribution in [1.82, 2.24) is 0 Å². The SMILES string of the molecule is CC(N)c1ccc(F)c(Cl)c1. The lowest BCUT2D eigenvalue weighted by molar-refractivity contribution is 0.626. The van der Waals surface area contributed by atoms with Crippen LogP contribution in [-0.2, 0) is 0 Å². The highest BCUT2D eigenvalue weighted by Crippen LogP contribution is 2.18. The number of hydrogen-bond acceptors (Lipinski definition) is 1. The first-order valence-electron chi connectivity index (χ1n) is 3.32. The highest BCUT2D eigenvalue weighted by Gasteiger charge is 2.03. The van der Waals surface area contributed by atoms with Crippen molar-refractivity contribution in [3.63, 3.8) is 0 Å². The zero-order valence-corrected chi connectivity index (χ0v) is 6.90. The second kappa shape index (κ2) is 3.20. The van der Waals surface area contributed by atoms with E-state index in [0.717, 1.165) is 5.56 Å². The van der Waals surface area contributed by atoms with Crippen LogP contribution in [0.5, 0.6) is 0 Å². The summed E-state index contributed by atoms with van der Waals surface area (Å²) in [6, 6.07) is 4.39. The van der Waals surface area contributed by atoms with Crippen LogP contribution < -0.4 is 5.73 Å². The van der Waals surface area contributed by atoms with Gasteiger partial charge < -0.3 is 5.73 Å². The van der Waals surface area contributed by atoms with Gasteiger partial charge in [0, 0.05) is 6.04 Å².